The number of pyridine rings is 1. The lowest BCUT2D eigenvalue weighted by molar-refractivity contribution is -0.385. The van der Waals surface area contributed by atoms with Crippen LogP contribution >= 0.6 is 0 Å². The molecule has 1 amide bonds. The van der Waals surface area contributed by atoms with Crippen LogP contribution in [0.1, 0.15) is 16.1 Å². The molecule has 9 nitrogen and oxygen atoms in total. The number of hydrazone groups is 1. The van der Waals surface area contributed by atoms with Gasteiger partial charge in [0.05, 0.1) is 18.2 Å². The van der Waals surface area contributed by atoms with Crippen LogP contribution in [-0.2, 0) is 0 Å². The number of carbonyl (C=O) groups is 1. The molecule has 1 aromatic heterocycles. The lowest BCUT2D eigenvalue weighted by atomic mass is 10.2. The Balaban J connectivity index is 2.05. The zero-order chi connectivity index (χ0) is 16.8. The van der Waals surface area contributed by atoms with Gasteiger partial charge in [0.2, 0.25) is 0 Å². The Morgan fingerprint density at radius 1 is 1.43 bits per heavy atom. The SMILES string of the molecule is COc1cccc(C=NNC(=O)c2ccc([N+](=O)[O-])cn2)c1O. The number of para-hydroxylation sites is 1. The Morgan fingerprint density at radius 3 is 2.83 bits per heavy atom. The van der Waals surface area contributed by atoms with E-state index in [1.54, 1.807) is 18.2 Å². The number of aromatic hydroxyl groups is 1. The molecule has 9 heteroatoms. The quantitative estimate of drug-likeness (QED) is 0.488. The van der Waals surface area contributed by atoms with Crippen molar-refractivity contribution in [3.63, 3.8) is 0 Å². The summed E-state index contributed by atoms with van der Waals surface area (Å²) in [4.78, 5) is 25.3. The largest absolute Gasteiger partial charge is 0.504 e. The normalized spacial score (nSPS) is 10.5. The number of phenols is 1. The number of methoxy groups -OCH3 is 1. The predicted molar refractivity (Wildman–Crippen MR) is 80.6 cm³/mol. The Kier molecular flexibility index (Phi) is 4.82. The third-order valence-electron chi connectivity index (χ3n) is 2.81. The summed E-state index contributed by atoms with van der Waals surface area (Å²) in [7, 11) is 1.41. The first-order valence-electron chi connectivity index (χ1n) is 6.32. The van der Waals surface area contributed by atoms with Gasteiger partial charge in [-0.05, 0) is 18.2 Å². The first-order valence-corrected chi connectivity index (χ1v) is 6.32. The Labute approximate surface area is 130 Å². The molecule has 0 bridgehead atoms. The lowest BCUT2D eigenvalue weighted by Gasteiger charge is -2.04. The van der Waals surface area contributed by atoms with Crippen LogP contribution in [-0.4, -0.2) is 34.2 Å². The van der Waals surface area contributed by atoms with Gasteiger partial charge >= 0.3 is 0 Å². The standard InChI is InChI=1S/C14H12N4O5/c1-23-12-4-2-3-9(13(12)19)7-16-17-14(20)11-6-5-10(8-15-11)18(21)22/h2-8,19H,1H3,(H,17,20). The summed E-state index contributed by atoms with van der Waals surface area (Å²) in [6.07, 6.45) is 2.22. The van der Waals surface area contributed by atoms with Crippen molar-refractivity contribution in [2.24, 2.45) is 5.10 Å². The van der Waals surface area contributed by atoms with E-state index in [1.807, 2.05) is 0 Å². The maximum atomic E-state index is 11.8. The van der Waals surface area contributed by atoms with Crippen molar-refractivity contribution in [2.75, 3.05) is 7.11 Å². The molecule has 0 saturated carbocycles. The molecule has 23 heavy (non-hydrogen) atoms. The summed E-state index contributed by atoms with van der Waals surface area (Å²) in [6, 6.07) is 7.19. The van der Waals surface area contributed by atoms with E-state index in [4.69, 9.17) is 4.74 Å². The highest BCUT2D eigenvalue weighted by molar-refractivity contribution is 5.93. The van der Waals surface area contributed by atoms with Gasteiger partial charge in [0.1, 0.15) is 11.9 Å². The Bertz CT molecular complexity index is 758. The van der Waals surface area contributed by atoms with E-state index in [9.17, 15) is 20.0 Å². The molecule has 0 saturated heterocycles. The van der Waals surface area contributed by atoms with Crippen LogP contribution < -0.4 is 10.2 Å². The Hall–Kier alpha value is -3.49. The van der Waals surface area contributed by atoms with Crippen LogP contribution in [0.25, 0.3) is 0 Å². The van der Waals surface area contributed by atoms with E-state index in [2.05, 4.69) is 15.5 Å². The molecule has 0 unspecified atom stereocenters. The summed E-state index contributed by atoms with van der Waals surface area (Å²) in [5, 5.41) is 24.0. The van der Waals surface area contributed by atoms with E-state index >= 15 is 0 Å². The highest BCUT2D eigenvalue weighted by atomic mass is 16.6. The second kappa shape index (κ2) is 6.98. The van der Waals surface area contributed by atoms with E-state index < -0.39 is 10.8 Å². The second-order valence-corrected chi connectivity index (χ2v) is 4.26. The van der Waals surface area contributed by atoms with Gasteiger partial charge in [0.25, 0.3) is 11.6 Å². The zero-order valence-corrected chi connectivity index (χ0v) is 12.0. The summed E-state index contributed by atoms with van der Waals surface area (Å²) >= 11 is 0. The molecule has 118 valence electrons. The lowest BCUT2D eigenvalue weighted by Crippen LogP contribution is -2.18. The number of hydrogen-bond acceptors (Lipinski definition) is 7. The number of nitro groups is 1. The molecule has 2 rings (SSSR count). The van der Waals surface area contributed by atoms with Gasteiger partial charge in [-0.15, -0.1) is 0 Å². The summed E-state index contributed by atoms with van der Waals surface area (Å²) < 4.78 is 4.95. The van der Waals surface area contributed by atoms with Gasteiger partial charge in [-0.25, -0.2) is 10.4 Å². The van der Waals surface area contributed by atoms with Crippen molar-refractivity contribution in [1.82, 2.24) is 10.4 Å². The summed E-state index contributed by atoms with van der Waals surface area (Å²) in [5.74, 6) is -0.475. The zero-order valence-electron chi connectivity index (χ0n) is 12.0. The molecule has 1 heterocycles. The van der Waals surface area contributed by atoms with Crippen molar-refractivity contribution < 1.29 is 19.6 Å². The average Bonchev–Trinajstić information content (AvgIpc) is 2.56. The van der Waals surface area contributed by atoms with Crippen LogP contribution in [0, 0.1) is 10.1 Å². The molecule has 0 aliphatic heterocycles. The van der Waals surface area contributed by atoms with Crippen LogP contribution in [0.5, 0.6) is 11.5 Å². The topological polar surface area (TPSA) is 127 Å². The number of benzene rings is 1. The molecule has 0 spiro atoms. The van der Waals surface area contributed by atoms with E-state index in [0.717, 1.165) is 6.20 Å². The van der Waals surface area contributed by atoms with Gasteiger partial charge in [0, 0.05) is 11.6 Å². The number of hydrogen-bond donors (Lipinski definition) is 2. The molecular formula is C14H12N4O5. The molecule has 2 aromatic rings. The maximum Gasteiger partial charge on any atom is 0.289 e. The fraction of sp³-hybridized carbons (Fsp3) is 0.0714. The first kappa shape index (κ1) is 15.9. The fourth-order valence-corrected chi connectivity index (χ4v) is 1.65. The van der Waals surface area contributed by atoms with Gasteiger partial charge in [0.15, 0.2) is 11.5 Å². The first-order chi connectivity index (χ1) is 11.0. The van der Waals surface area contributed by atoms with Crippen molar-refractivity contribution >= 4 is 17.8 Å². The highest BCUT2D eigenvalue weighted by Gasteiger charge is 2.10. The van der Waals surface area contributed by atoms with E-state index in [-0.39, 0.29) is 22.9 Å². The van der Waals surface area contributed by atoms with Crippen molar-refractivity contribution in [2.45, 2.75) is 0 Å². The third-order valence-corrected chi connectivity index (χ3v) is 2.81. The van der Waals surface area contributed by atoms with Crippen molar-refractivity contribution in [3.05, 3.63) is 57.9 Å². The molecule has 0 fully saturated rings. The van der Waals surface area contributed by atoms with Gasteiger partial charge in [-0.1, -0.05) is 6.07 Å². The molecule has 0 radical (unpaired) electrons. The van der Waals surface area contributed by atoms with E-state index in [0.29, 0.717) is 5.56 Å². The van der Waals surface area contributed by atoms with Crippen LogP contribution in [0.4, 0.5) is 5.69 Å². The second-order valence-electron chi connectivity index (χ2n) is 4.26. The van der Waals surface area contributed by atoms with Gasteiger partial charge in [-0.3, -0.25) is 14.9 Å². The highest BCUT2D eigenvalue weighted by Crippen LogP contribution is 2.27. The minimum Gasteiger partial charge on any atom is -0.504 e. The maximum absolute atomic E-state index is 11.8. The molecular weight excluding hydrogens is 304 g/mol. The van der Waals surface area contributed by atoms with Crippen LogP contribution in [0.2, 0.25) is 0 Å². The van der Waals surface area contributed by atoms with Crippen molar-refractivity contribution in [1.29, 1.82) is 0 Å². The van der Waals surface area contributed by atoms with Gasteiger partial charge in [-0.2, -0.15) is 5.10 Å². The number of nitrogens with zero attached hydrogens (tertiary/aromatic N) is 3. The third kappa shape index (κ3) is 3.79. The summed E-state index contributed by atoms with van der Waals surface area (Å²) in [6.45, 7) is 0. The summed E-state index contributed by atoms with van der Waals surface area (Å²) in [5.41, 5.74) is 2.31. The molecule has 2 N–H and O–H groups in total. The van der Waals surface area contributed by atoms with E-state index in [1.165, 1.54) is 25.5 Å². The van der Waals surface area contributed by atoms with Gasteiger partial charge < -0.3 is 9.84 Å². The number of rotatable bonds is 5. The molecule has 0 atom stereocenters. The molecule has 0 aliphatic carbocycles. The number of ether oxygens (including phenoxy) is 1. The number of aromatic nitrogens is 1. The number of nitrogens with one attached hydrogen (secondary N) is 1. The molecule has 0 aliphatic rings. The average molecular weight is 316 g/mol. The number of phenolic OH excluding ortho intramolecular Hbond substituents is 1. The monoisotopic (exact) mass is 316 g/mol. The number of amides is 1. The molecule has 1 aromatic carbocycles. The number of carbonyl (C=O) groups excluding carboxylic acids is 1. The van der Waals surface area contributed by atoms with Crippen LogP contribution in [0.15, 0.2) is 41.6 Å². The van der Waals surface area contributed by atoms with Crippen LogP contribution in [0.3, 0.4) is 0 Å². The van der Waals surface area contributed by atoms with Crippen molar-refractivity contribution in [3.8, 4) is 11.5 Å². The minimum atomic E-state index is -0.640. The minimum absolute atomic E-state index is 0.0254. The fourth-order valence-electron chi connectivity index (χ4n) is 1.65. The Morgan fingerprint density at radius 2 is 2.22 bits per heavy atom. The smallest absolute Gasteiger partial charge is 0.289 e. The predicted octanol–water partition coefficient (Wildman–Crippen LogP) is 1.47.